The number of rotatable bonds is 6. The number of aldehydes is 1. The standard InChI is InChI=1S/C15H18N2O4/c1-9(16)12(3-2-6-18)17-7-10-4-5-11(8-19)14(20)13(10)15(17)21/h4-6,12,19-20H,1-3,7-8,16H2. The van der Waals surface area contributed by atoms with Crippen molar-refractivity contribution in [2.45, 2.75) is 32.0 Å². The van der Waals surface area contributed by atoms with Gasteiger partial charge < -0.3 is 25.6 Å². The Morgan fingerprint density at radius 3 is 2.81 bits per heavy atom. The summed E-state index contributed by atoms with van der Waals surface area (Å²) in [4.78, 5) is 24.5. The van der Waals surface area contributed by atoms with E-state index in [0.717, 1.165) is 6.29 Å². The lowest BCUT2D eigenvalue weighted by molar-refractivity contribution is -0.108. The fraction of sp³-hybridized carbons (Fsp3) is 0.333. The molecule has 0 spiro atoms. The third-order valence-electron chi connectivity index (χ3n) is 3.70. The summed E-state index contributed by atoms with van der Waals surface area (Å²) in [7, 11) is 0. The quantitative estimate of drug-likeness (QED) is 0.668. The Balaban J connectivity index is 2.34. The van der Waals surface area contributed by atoms with Crippen LogP contribution in [0.5, 0.6) is 5.75 Å². The number of benzene rings is 1. The zero-order chi connectivity index (χ0) is 15.6. The van der Waals surface area contributed by atoms with Crippen LogP contribution in [0.2, 0.25) is 0 Å². The number of amides is 1. The molecule has 6 heteroatoms. The van der Waals surface area contributed by atoms with Crippen LogP contribution >= 0.6 is 0 Å². The smallest absolute Gasteiger partial charge is 0.258 e. The highest BCUT2D eigenvalue weighted by Gasteiger charge is 2.35. The molecule has 0 bridgehead atoms. The molecule has 1 aliphatic heterocycles. The van der Waals surface area contributed by atoms with Crippen LogP contribution in [-0.2, 0) is 17.9 Å². The number of phenols is 1. The molecule has 6 nitrogen and oxygen atoms in total. The molecule has 1 heterocycles. The Morgan fingerprint density at radius 2 is 2.24 bits per heavy atom. The van der Waals surface area contributed by atoms with Crippen LogP contribution in [0.4, 0.5) is 0 Å². The molecule has 0 radical (unpaired) electrons. The van der Waals surface area contributed by atoms with Crippen molar-refractivity contribution in [3.63, 3.8) is 0 Å². The zero-order valence-corrected chi connectivity index (χ0v) is 11.6. The minimum atomic E-state index is -0.452. The number of hydrogen-bond donors (Lipinski definition) is 3. The number of carbonyl (C=O) groups excluding carboxylic acids is 2. The monoisotopic (exact) mass is 290 g/mol. The highest BCUT2D eigenvalue weighted by atomic mass is 16.3. The van der Waals surface area contributed by atoms with Crippen molar-refractivity contribution in [3.05, 3.63) is 41.1 Å². The number of carbonyl (C=O) groups is 2. The molecule has 1 aromatic carbocycles. The fourth-order valence-corrected chi connectivity index (χ4v) is 2.59. The van der Waals surface area contributed by atoms with Gasteiger partial charge in [0.05, 0.1) is 18.2 Å². The van der Waals surface area contributed by atoms with Gasteiger partial charge in [0.1, 0.15) is 12.0 Å². The van der Waals surface area contributed by atoms with Crippen LogP contribution < -0.4 is 5.73 Å². The predicted molar refractivity (Wildman–Crippen MR) is 76.3 cm³/mol. The summed E-state index contributed by atoms with van der Waals surface area (Å²) in [6.07, 6.45) is 1.44. The van der Waals surface area contributed by atoms with Crippen molar-refractivity contribution in [2.24, 2.45) is 5.73 Å². The molecule has 0 aromatic heterocycles. The SMILES string of the molecule is C=C(N)C(CCC=O)N1Cc2ccc(CO)c(O)c2C1=O. The van der Waals surface area contributed by atoms with Crippen LogP contribution in [0.15, 0.2) is 24.4 Å². The number of aromatic hydroxyl groups is 1. The van der Waals surface area contributed by atoms with Crippen LogP contribution in [0, 0.1) is 0 Å². The Morgan fingerprint density at radius 1 is 1.52 bits per heavy atom. The second-order valence-electron chi connectivity index (χ2n) is 5.03. The molecule has 112 valence electrons. The second kappa shape index (κ2) is 5.97. The average molecular weight is 290 g/mol. The molecule has 1 aliphatic rings. The summed E-state index contributed by atoms with van der Waals surface area (Å²) in [6.45, 7) is 3.63. The first-order valence-corrected chi connectivity index (χ1v) is 6.64. The van der Waals surface area contributed by atoms with Gasteiger partial charge >= 0.3 is 0 Å². The van der Waals surface area contributed by atoms with E-state index in [1.807, 2.05) is 0 Å². The first-order valence-electron chi connectivity index (χ1n) is 6.64. The van der Waals surface area contributed by atoms with Gasteiger partial charge in [-0.25, -0.2) is 0 Å². The van der Waals surface area contributed by atoms with E-state index < -0.39 is 6.04 Å². The minimum absolute atomic E-state index is 0.193. The lowest BCUT2D eigenvalue weighted by Gasteiger charge is -2.27. The molecular formula is C15H18N2O4. The van der Waals surface area contributed by atoms with Gasteiger partial charge in [0.15, 0.2) is 0 Å². The van der Waals surface area contributed by atoms with Crippen LogP contribution in [0.1, 0.15) is 34.3 Å². The van der Waals surface area contributed by atoms with Crippen molar-refractivity contribution >= 4 is 12.2 Å². The molecule has 1 unspecified atom stereocenters. The lowest BCUT2D eigenvalue weighted by Crippen LogP contribution is -2.39. The van der Waals surface area contributed by atoms with Gasteiger partial charge in [-0.3, -0.25) is 4.79 Å². The first-order chi connectivity index (χ1) is 10.0. The van der Waals surface area contributed by atoms with Gasteiger partial charge in [0.2, 0.25) is 0 Å². The van der Waals surface area contributed by atoms with E-state index in [1.165, 1.54) is 4.90 Å². The van der Waals surface area contributed by atoms with Crippen molar-refractivity contribution < 1.29 is 19.8 Å². The average Bonchev–Trinajstić information content (AvgIpc) is 2.77. The van der Waals surface area contributed by atoms with E-state index in [0.29, 0.717) is 29.8 Å². The molecule has 2 rings (SSSR count). The zero-order valence-electron chi connectivity index (χ0n) is 11.6. The molecule has 0 saturated carbocycles. The summed E-state index contributed by atoms with van der Waals surface area (Å²) in [5.41, 5.74) is 7.22. The molecule has 4 N–H and O–H groups in total. The highest BCUT2D eigenvalue weighted by Crippen LogP contribution is 2.35. The Hall–Kier alpha value is -2.34. The third-order valence-corrected chi connectivity index (χ3v) is 3.70. The number of hydrogen-bond acceptors (Lipinski definition) is 5. The number of aliphatic hydroxyl groups excluding tert-OH is 1. The van der Waals surface area contributed by atoms with E-state index in [2.05, 4.69) is 6.58 Å². The number of aliphatic hydroxyl groups is 1. The van der Waals surface area contributed by atoms with Gasteiger partial charge in [-0.05, 0) is 12.0 Å². The number of nitrogens with zero attached hydrogens (tertiary/aromatic N) is 1. The van der Waals surface area contributed by atoms with Crippen molar-refractivity contribution in [3.8, 4) is 5.75 Å². The molecule has 0 saturated heterocycles. The van der Waals surface area contributed by atoms with Crippen molar-refractivity contribution in [1.82, 2.24) is 4.90 Å². The molecule has 1 aromatic rings. The van der Waals surface area contributed by atoms with Gasteiger partial charge in [-0.15, -0.1) is 0 Å². The topological polar surface area (TPSA) is 104 Å². The maximum atomic E-state index is 12.5. The van der Waals surface area contributed by atoms with E-state index in [-0.39, 0.29) is 30.2 Å². The Bertz CT molecular complexity index is 598. The molecule has 1 amide bonds. The number of nitrogens with two attached hydrogens (primary N) is 1. The van der Waals surface area contributed by atoms with Crippen LogP contribution in [0.3, 0.4) is 0 Å². The van der Waals surface area contributed by atoms with Gasteiger partial charge in [-0.1, -0.05) is 18.7 Å². The van der Waals surface area contributed by atoms with Gasteiger partial charge in [0.25, 0.3) is 5.91 Å². The summed E-state index contributed by atoms with van der Waals surface area (Å²) in [5.74, 6) is -0.556. The lowest BCUT2D eigenvalue weighted by atomic mass is 10.0. The van der Waals surface area contributed by atoms with Crippen LogP contribution in [0.25, 0.3) is 0 Å². The Kier molecular flexibility index (Phi) is 4.28. The van der Waals surface area contributed by atoms with Gasteiger partial charge in [-0.2, -0.15) is 0 Å². The van der Waals surface area contributed by atoms with E-state index in [1.54, 1.807) is 12.1 Å². The summed E-state index contributed by atoms with van der Waals surface area (Å²) in [5, 5.41) is 19.2. The third kappa shape index (κ3) is 2.62. The van der Waals surface area contributed by atoms with E-state index in [9.17, 15) is 14.7 Å². The Labute approximate surface area is 122 Å². The largest absolute Gasteiger partial charge is 0.507 e. The van der Waals surface area contributed by atoms with E-state index >= 15 is 0 Å². The number of fused-ring (bicyclic) bond motifs is 1. The summed E-state index contributed by atoms with van der Waals surface area (Å²) >= 11 is 0. The first kappa shape index (κ1) is 15.1. The predicted octanol–water partition coefficient (Wildman–Crippen LogP) is 0.660. The molecule has 0 aliphatic carbocycles. The molecule has 0 fully saturated rings. The highest BCUT2D eigenvalue weighted by molar-refractivity contribution is 6.01. The molecule has 1 atom stereocenters. The van der Waals surface area contributed by atoms with Gasteiger partial charge in [0, 0.05) is 24.2 Å². The maximum Gasteiger partial charge on any atom is 0.258 e. The van der Waals surface area contributed by atoms with E-state index in [4.69, 9.17) is 10.8 Å². The maximum absolute atomic E-state index is 12.5. The summed E-state index contributed by atoms with van der Waals surface area (Å²) < 4.78 is 0. The van der Waals surface area contributed by atoms with Crippen molar-refractivity contribution in [1.29, 1.82) is 0 Å². The minimum Gasteiger partial charge on any atom is -0.507 e. The normalized spacial score (nSPS) is 14.9. The molecular weight excluding hydrogens is 272 g/mol. The van der Waals surface area contributed by atoms with Crippen LogP contribution in [-0.4, -0.2) is 33.3 Å². The second-order valence-corrected chi connectivity index (χ2v) is 5.03. The fourth-order valence-electron chi connectivity index (χ4n) is 2.59. The van der Waals surface area contributed by atoms with Crippen molar-refractivity contribution in [2.75, 3.05) is 0 Å². The summed E-state index contributed by atoms with van der Waals surface area (Å²) in [6, 6.07) is 2.84. The molecule has 21 heavy (non-hydrogen) atoms.